The number of nitrogens with one attached hydrogen (secondary N) is 5. The molecule has 0 aliphatic carbocycles. The SMILES string of the molecule is C=S(N)(=O)c1ccc(-c2nc(NCc3ccccn3)c3c(-c4ccccc4)cccc3n2)cc1.CC(=O)Nc1ncc(-c2nc(NCc3ccccn3)c3c(-c4ccccc4)cccc3n2)cn1.CCS(=O)(=O)c1cncc(-c2nc(NCc3ccccn3)c3c(-c4ccccc4)cccc3n2)c1.Cc1ccc(CCNc2nc(-c3cncnc3)nc3cccc(-c4ccccc4)c23)cc1. The molecule has 0 saturated heterocycles. The van der Waals surface area contributed by atoms with Crippen LogP contribution in [0.1, 0.15) is 42.1 Å². The van der Waals surface area contributed by atoms with Crippen molar-refractivity contribution in [2.75, 3.05) is 38.9 Å². The lowest BCUT2D eigenvalue weighted by Gasteiger charge is -2.14. The van der Waals surface area contributed by atoms with Crippen molar-refractivity contribution >= 4 is 104 Å². The Bertz CT molecular complexity index is 7770. The summed E-state index contributed by atoms with van der Waals surface area (Å²) in [6.45, 7) is 7.39. The third-order valence-electron chi connectivity index (χ3n) is 21.8. The van der Waals surface area contributed by atoms with Gasteiger partial charge in [0.1, 0.15) is 29.6 Å². The van der Waals surface area contributed by atoms with Crippen LogP contribution in [0.2, 0.25) is 0 Å². The lowest BCUT2D eigenvalue weighted by atomic mass is 10.0. The molecule has 0 saturated carbocycles. The first kappa shape index (κ1) is 89.9. The number of nitrogens with zero attached hydrogens (tertiary/aromatic N) is 16. The number of aromatic nitrogens is 16. The number of amides is 1. The van der Waals surface area contributed by atoms with Crippen LogP contribution in [0.4, 0.5) is 29.2 Å². The van der Waals surface area contributed by atoms with Crippen LogP contribution in [0.3, 0.4) is 0 Å². The summed E-state index contributed by atoms with van der Waals surface area (Å²) in [6, 6.07) is 99.6. The van der Waals surface area contributed by atoms with Crippen molar-refractivity contribution < 1.29 is 17.4 Å². The van der Waals surface area contributed by atoms with Crippen LogP contribution in [0.25, 0.3) is 134 Å². The molecular formula is C107H90N22O4S2. The summed E-state index contributed by atoms with van der Waals surface area (Å²) in [5.41, 5.74) is 19.8. The summed E-state index contributed by atoms with van der Waals surface area (Å²) < 4.78 is 36.9. The van der Waals surface area contributed by atoms with Gasteiger partial charge < -0.3 is 21.3 Å². The number of carbonyl (C=O) groups is 1. The molecule has 1 amide bonds. The Morgan fingerprint density at radius 2 is 0.711 bits per heavy atom. The highest BCUT2D eigenvalue weighted by Gasteiger charge is 2.23. The lowest BCUT2D eigenvalue weighted by molar-refractivity contribution is -0.114. The molecule has 0 radical (unpaired) electrons. The van der Waals surface area contributed by atoms with Gasteiger partial charge in [0, 0.05) is 85.3 Å². The summed E-state index contributed by atoms with van der Waals surface area (Å²) in [5.74, 6) is 8.45. The lowest BCUT2D eigenvalue weighted by Crippen LogP contribution is -2.11. The van der Waals surface area contributed by atoms with Crippen molar-refractivity contribution in [2.24, 2.45) is 5.14 Å². The third kappa shape index (κ3) is 22.3. The van der Waals surface area contributed by atoms with Gasteiger partial charge in [-0.15, -0.1) is 0 Å². The molecule has 664 valence electrons. The fraction of sp³-hybridized carbons (Fsp3) is 0.0841. The molecule has 10 aromatic heterocycles. The van der Waals surface area contributed by atoms with E-state index in [9.17, 15) is 17.4 Å². The number of hydrogen-bond donors (Lipinski definition) is 6. The quantitative estimate of drug-likeness (QED) is 0.0289. The molecule has 10 aromatic carbocycles. The Morgan fingerprint density at radius 1 is 0.348 bits per heavy atom. The summed E-state index contributed by atoms with van der Waals surface area (Å²) in [5, 5.41) is 25.9. The van der Waals surface area contributed by atoms with E-state index in [-0.39, 0.29) is 22.5 Å². The number of nitrogens with two attached hydrogens (primary N) is 1. The van der Waals surface area contributed by atoms with Crippen molar-refractivity contribution in [2.45, 2.75) is 56.6 Å². The third-order valence-corrected chi connectivity index (χ3v) is 24.6. The predicted octanol–water partition coefficient (Wildman–Crippen LogP) is 20.5. The van der Waals surface area contributed by atoms with Crippen molar-refractivity contribution in [1.82, 2.24) is 79.7 Å². The molecule has 10 heterocycles. The van der Waals surface area contributed by atoms with E-state index in [4.69, 9.17) is 45.0 Å². The summed E-state index contributed by atoms with van der Waals surface area (Å²) >= 11 is 0. The number of sulfone groups is 1. The van der Waals surface area contributed by atoms with Crippen LogP contribution >= 0.6 is 0 Å². The standard InChI is InChI=1S/C27H23N5O2S.C27H23N5OS.C27H23N5.C26H21N7O/c1-2-35(33,34)22-15-20(16-28-18-22)26-31-24-13-8-12-23(19-9-4-3-5-10-19)25(24)27(32-26)30-17-21-11-6-7-14-29-21;1-34(28,33)22-15-13-20(14-16-22)26-31-24-12-7-11-23(19-8-3-2-4-9-19)25(24)27(32-26)30-18-21-10-5-6-17-29-21;1-19-10-12-20(13-11-19)14-15-30-27-25-23(21-6-3-2-4-7-21)8-5-9-24(25)31-26(32-27)22-16-28-18-29-17-22;1-17(34)31-26-29-14-19(15-30-26)24-32-22-12-7-11-21(18-8-3-2-4-9-18)23(22)25(33-24)28-16-20-10-5-6-13-27-20/h3-16,18H,2,17H2,1H3,(H,30,31,32);2-17H,1,18H2,(H2,28,33)(H,30,31,32);2-13,16-18H,14-15H2,1H3,(H,30,31,32);2-15H,16H2,1H3,(H,28,32,33)(H,29,30,31,34). The van der Waals surface area contributed by atoms with Gasteiger partial charge in [-0.3, -0.25) is 35.2 Å². The molecule has 0 spiro atoms. The van der Waals surface area contributed by atoms with Crippen molar-refractivity contribution in [3.8, 4) is 90.1 Å². The predicted molar refractivity (Wildman–Crippen MR) is 538 cm³/mol. The number of pyridine rings is 4. The Hall–Kier alpha value is -17.1. The minimum absolute atomic E-state index is 0.00592. The molecule has 0 aliphatic heterocycles. The molecule has 7 N–H and O–H groups in total. The van der Waals surface area contributed by atoms with Crippen molar-refractivity contribution in [3.05, 3.63) is 394 Å². The van der Waals surface area contributed by atoms with Crippen LogP contribution in [-0.4, -0.2) is 116 Å². The fourth-order valence-corrected chi connectivity index (χ4v) is 16.6. The van der Waals surface area contributed by atoms with Gasteiger partial charge in [0.15, 0.2) is 33.1 Å². The first-order chi connectivity index (χ1) is 66.0. The Labute approximate surface area is 780 Å². The highest BCUT2D eigenvalue weighted by atomic mass is 32.2. The first-order valence-corrected chi connectivity index (χ1v) is 46.9. The minimum atomic E-state index is -3.41. The molecular weight excluding hydrogens is 1720 g/mol. The number of anilines is 5. The zero-order chi connectivity index (χ0) is 92.9. The maximum atomic E-state index is 12.4. The zero-order valence-electron chi connectivity index (χ0n) is 73.8. The van der Waals surface area contributed by atoms with Crippen molar-refractivity contribution in [1.29, 1.82) is 0 Å². The van der Waals surface area contributed by atoms with Gasteiger partial charge >= 0.3 is 0 Å². The average molecular weight is 1810 g/mol. The summed E-state index contributed by atoms with van der Waals surface area (Å²) in [4.78, 5) is 84.7. The van der Waals surface area contributed by atoms with E-state index >= 15 is 0 Å². The van der Waals surface area contributed by atoms with E-state index in [1.54, 1.807) is 74.7 Å². The Morgan fingerprint density at radius 3 is 1.08 bits per heavy atom. The molecule has 0 aliphatic rings. The molecule has 20 aromatic rings. The van der Waals surface area contributed by atoms with Crippen LogP contribution in [0.5, 0.6) is 0 Å². The molecule has 135 heavy (non-hydrogen) atoms. The normalized spacial score (nSPS) is 11.5. The van der Waals surface area contributed by atoms with Crippen LogP contribution in [-0.2, 0) is 50.4 Å². The van der Waals surface area contributed by atoms with Crippen molar-refractivity contribution in [3.63, 3.8) is 0 Å². The second-order valence-corrected chi connectivity index (χ2v) is 35.4. The molecule has 26 nitrogen and oxygen atoms in total. The van der Waals surface area contributed by atoms with E-state index in [0.717, 1.165) is 135 Å². The highest BCUT2D eigenvalue weighted by molar-refractivity contribution is 7.98. The van der Waals surface area contributed by atoms with E-state index in [2.05, 4.69) is 170 Å². The van der Waals surface area contributed by atoms with Crippen LogP contribution < -0.4 is 31.7 Å². The minimum Gasteiger partial charge on any atom is -0.369 e. The van der Waals surface area contributed by atoms with Crippen LogP contribution in [0.15, 0.2) is 375 Å². The second kappa shape index (κ2) is 42.2. The number of carbonyl (C=O) groups excluding carboxylic acids is 1. The van der Waals surface area contributed by atoms with E-state index in [1.807, 2.05) is 194 Å². The maximum Gasteiger partial charge on any atom is 0.229 e. The van der Waals surface area contributed by atoms with Gasteiger partial charge in [-0.05, 0) is 160 Å². The molecule has 1 atom stereocenters. The van der Waals surface area contributed by atoms with E-state index in [0.29, 0.717) is 76.4 Å². The molecule has 1 unspecified atom stereocenters. The van der Waals surface area contributed by atoms with Gasteiger partial charge in [0.05, 0.1) is 112 Å². The molecule has 0 fully saturated rings. The second-order valence-electron chi connectivity index (χ2n) is 31.2. The maximum absolute atomic E-state index is 12.4. The largest absolute Gasteiger partial charge is 0.369 e. The highest BCUT2D eigenvalue weighted by Crippen LogP contribution is 2.40. The van der Waals surface area contributed by atoms with E-state index in [1.165, 1.54) is 30.6 Å². The fourth-order valence-electron chi connectivity index (χ4n) is 15.1. The smallest absolute Gasteiger partial charge is 0.229 e. The van der Waals surface area contributed by atoms with Gasteiger partial charge in [0.25, 0.3) is 0 Å². The van der Waals surface area contributed by atoms with Gasteiger partial charge in [-0.2, -0.15) is 0 Å². The first-order valence-electron chi connectivity index (χ1n) is 43.4. The molecule has 20 rings (SSSR count). The number of hydrogen-bond acceptors (Lipinski definition) is 24. The number of fused-ring (bicyclic) bond motifs is 4. The summed E-state index contributed by atoms with van der Waals surface area (Å²) in [6.07, 6.45) is 17.3. The molecule has 28 heteroatoms. The number of benzene rings is 10. The van der Waals surface area contributed by atoms with E-state index < -0.39 is 19.5 Å². The van der Waals surface area contributed by atoms with Gasteiger partial charge in [-0.25, -0.2) is 72.4 Å². The summed E-state index contributed by atoms with van der Waals surface area (Å²) in [7, 11) is -6.19. The van der Waals surface area contributed by atoms with Crippen LogP contribution in [0, 0.1) is 6.92 Å². The molecule has 0 bridgehead atoms. The Balaban J connectivity index is 0.000000125. The zero-order valence-corrected chi connectivity index (χ0v) is 75.4. The van der Waals surface area contributed by atoms with Gasteiger partial charge in [0.2, 0.25) is 11.9 Å². The number of rotatable bonds is 25. The number of aryl methyl sites for hydroxylation is 1. The topological polar surface area (TPSA) is 361 Å². The van der Waals surface area contributed by atoms with Gasteiger partial charge in [-0.1, -0.05) is 225 Å². The Kier molecular flexibility index (Phi) is 28.1. The average Bonchev–Trinajstić information content (AvgIpc) is 0.811. The monoisotopic (exact) mass is 1810 g/mol.